The summed E-state index contributed by atoms with van der Waals surface area (Å²) in [7, 11) is -3.51. The van der Waals surface area contributed by atoms with Gasteiger partial charge in [0.25, 0.3) is 0 Å². The Labute approximate surface area is 149 Å². The highest BCUT2D eigenvalue weighted by Crippen LogP contribution is 2.44. The summed E-state index contributed by atoms with van der Waals surface area (Å²) in [5.74, 6) is 0.348. The van der Waals surface area contributed by atoms with Gasteiger partial charge in [0, 0.05) is 29.6 Å². The quantitative estimate of drug-likeness (QED) is 0.895. The fraction of sp³-hybridized carbons (Fsp3) is 0.632. The van der Waals surface area contributed by atoms with Gasteiger partial charge in [-0.05, 0) is 49.4 Å². The number of amides is 1. The third kappa shape index (κ3) is 3.10. The van der Waals surface area contributed by atoms with Gasteiger partial charge >= 0.3 is 0 Å². The second-order valence-corrected chi connectivity index (χ2v) is 10.1. The van der Waals surface area contributed by atoms with Crippen LogP contribution in [0.25, 0.3) is 0 Å². The standard InChI is InChI=1S/C19H26N2O3S/c1-19(2)12-21(18(22)13-7-8-13)17-10-9-15(11-16(17)19)25(23,24)20-14-5-3-4-6-14/h9-11,13-14,20H,3-8,12H2,1-2H3. The third-order valence-corrected chi connectivity index (χ3v) is 7.24. The van der Waals surface area contributed by atoms with E-state index in [1.807, 2.05) is 11.0 Å². The molecule has 0 bridgehead atoms. The summed E-state index contributed by atoms with van der Waals surface area (Å²) in [4.78, 5) is 14.7. The van der Waals surface area contributed by atoms with Gasteiger partial charge in [0.15, 0.2) is 0 Å². The van der Waals surface area contributed by atoms with Crippen LogP contribution in [0.5, 0.6) is 0 Å². The van der Waals surface area contributed by atoms with E-state index in [4.69, 9.17) is 0 Å². The number of carbonyl (C=O) groups is 1. The number of hydrogen-bond acceptors (Lipinski definition) is 3. The SMILES string of the molecule is CC1(C)CN(C(=O)C2CC2)c2ccc(S(=O)(=O)NC3CCCC3)cc21. The Morgan fingerprint density at radius 1 is 1.16 bits per heavy atom. The maximum absolute atomic E-state index is 12.7. The van der Waals surface area contributed by atoms with E-state index in [0.29, 0.717) is 11.4 Å². The molecule has 1 heterocycles. The lowest BCUT2D eigenvalue weighted by atomic mass is 9.87. The average molecular weight is 362 g/mol. The number of hydrogen-bond donors (Lipinski definition) is 1. The van der Waals surface area contributed by atoms with Gasteiger partial charge in [0.05, 0.1) is 4.90 Å². The summed E-state index contributed by atoms with van der Waals surface area (Å²) in [5, 5.41) is 0. The summed E-state index contributed by atoms with van der Waals surface area (Å²) in [5.41, 5.74) is 1.59. The minimum Gasteiger partial charge on any atom is -0.311 e. The van der Waals surface area contributed by atoms with Crippen LogP contribution in [0.2, 0.25) is 0 Å². The molecule has 3 aliphatic rings. The van der Waals surface area contributed by atoms with Crippen molar-refractivity contribution in [2.45, 2.75) is 68.7 Å². The summed E-state index contributed by atoms with van der Waals surface area (Å²) < 4.78 is 28.3. The van der Waals surface area contributed by atoms with Gasteiger partial charge in [-0.1, -0.05) is 26.7 Å². The predicted octanol–water partition coefficient (Wildman–Crippen LogP) is 2.94. The highest BCUT2D eigenvalue weighted by Gasteiger charge is 2.43. The highest BCUT2D eigenvalue weighted by atomic mass is 32.2. The minimum atomic E-state index is -3.51. The Bertz CT molecular complexity index is 806. The molecular formula is C19H26N2O3S. The van der Waals surface area contributed by atoms with E-state index in [1.54, 1.807) is 12.1 Å². The molecule has 25 heavy (non-hydrogen) atoms. The molecule has 1 aliphatic heterocycles. The summed E-state index contributed by atoms with van der Waals surface area (Å²) in [6.07, 6.45) is 5.95. The molecular weight excluding hydrogens is 336 g/mol. The fourth-order valence-corrected chi connectivity index (χ4v) is 5.43. The van der Waals surface area contributed by atoms with E-state index in [9.17, 15) is 13.2 Å². The molecule has 136 valence electrons. The number of nitrogens with one attached hydrogen (secondary N) is 1. The normalized spacial score (nSPS) is 23.0. The first kappa shape index (κ1) is 17.0. The lowest BCUT2D eigenvalue weighted by Crippen LogP contribution is -2.34. The fourth-order valence-electron chi connectivity index (χ4n) is 4.10. The second kappa shape index (κ2) is 5.81. The zero-order chi connectivity index (χ0) is 17.8. The molecule has 2 saturated carbocycles. The largest absolute Gasteiger partial charge is 0.311 e. The van der Waals surface area contributed by atoms with Gasteiger partial charge in [-0.2, -0.15) is 0 Å². The zero-order valence-corrected chi connectivity index (χ0v) is 15.7. The average Bonchev–Trinajstić information content (AvgIpc) is 3.22. The van der Waals surface area contributed by atoms with Gasteiger partial charge in [-0.25, -0.2) is 13.1 Å². The van der Waals surface area contributed by atoms with E-state index in [1.165, 1.54) is 0 Å². The molecule has 0 radical (unpaired) electrons. The monoisotopic (exact) mass is 362 g/mol. The molecule has 0 saturated heterocycles. The molecule has 1 N–H and O–H groups in total. The van der Waals surface area contributed by atoms with E-state index in [0.717, 1.165) is 49.8 Å². The first-order valence-electron chi connectivity index (χ1n) is 9.26. The zero-order valence-electron chi connectivity index (χ0n) is 14.9. The van der Waals surface area contributed by atoms with Crippen molar-refractivity contribution < 1.29 is 13.2 Å². The topological polar surface area (TPSA) is 66.5 Å². The first-order chi connectivity index (χ1) is 11.8. The van der Waals surface area contributed by atoms with Gasteiger partial charge < -0.3 is 4.90 Å². The Morgan fingerprint density at radius 3 is 2.48 bits per heavy atom. The van der Waals surface area contributed by atoms with Crippen molar-refractivity contribution >= 4 is 21.6 Å². The number of anilines is 1. The van der Waals surface area contributed by atoms with E-state index in [2.05, 4.69) is 18.6 Å². The highest BCUT2D eigenvalue weighted by molar-refractivity contribution is 7.89. The molecule has 4 rings (SSSR count). The second-order valence-electron chi connectivity index (χ2n) is 8.36. The number of carbonyl (C=O) groups excluding carboxylic acids is 1. The van der Waals surface area contributed by atoms with E-state index in [-0.39, 0.29) is 23.3 Å². The van der Waals surface area contributed by atoms with Crippen LogP contribution in [0.3, 0.4) is 0 Å². The number of fused-ring (bicyclic) bond motifs is 1. The molecule has 1 amide bonds. The van der Waals surface area contributed by atoms with Crippen LogP contribution in [-0.4, -0.2) is 26.9 Å². The predicted molar refractivity (Wildman–Crippen MR) is 97.1 cm³/mol. The van der Waals surface area contributed by atoms with Crippen molar-refractivity contribution in [1.82, 2.24) is 4.72 Å². The molecule has 6 heteroatoms. The van der Waals surface area contributed by atoms with Crippen LogP contribution in [0.4, 0.5) is 5.69 Å². The third-order valence-electron chi connectivity index (χ3n) is 5.72. The van der Waals surface area contributed by atoms with Crippen LogP contribution in [-0.2, 0) is 20.2 Å². The summed E-state index contributed by atoms with van der Waals surface area (Å²) in [6.45, 7) is 4.77. The van der Waals surface area contributed by atoms with Crippen LogP contribution in [0, 0.1) is 5.92 Å². The van der Waals surface area contributed by atoms with Gasteiger partial charge in [0.2, 0.25) is 15.9 Å². The lowest BCUT2D eigenvalue weighted by molar-refractivity contribution is -0.119. The van der Waals surface area contributed by atoms with E-state index < -0.39 is 10.0 Å². The Balaban J connectivity index is 1.65. The molecule has 1 aromatic carbocycles. The first-order valence-corrected chi connectivity index (χ1v) is 10.7. The Hall–Kier alpha value is -1.40. The maximum Gasteiger partial charge on any atom is 0.240 e. The number of rotatable bonds is 4. The van der Waals surface area contributed by atoms with Crippen molar-refractivity contribution in [1.29, 1.82) is 0 Å². The number of benzene rings is 1. The smallest absolute Gasteiger partial charge is 0.240 e. The summed E-state index contributed by atoms with van der Waals surface area (Å²) in [6, 6.07) is 5.28. The minimum absolute atomic E-state index is 0.0548. The van der Waals surface area contributed by atoms with Gasteiger partial charge in [-0.3, -0.25) is 4.79 Å². The molecule has 2 fully saturated rings. The Morgan fingerprint density at radius 2 is 1.84 bits per heavy atom. The number of sulfonamides is 1. The van der Waals surface area contributed by atoms with Crippen molar-refractivity contribution in [2.75, 3.05) is 11.4 Å². The van der Waals surface area contributed by atoms with E-state index >= 15 is 0 Å². The van der Waals surface area contributed by atoms with Crippen molar-refractivity contribution in [3.8, 4) is 0 Å². The molecule has 0 aromatic heterocycles. The molecule has 2 aliphatic carbocycles. The van der Waals surface area contributed by atoms with Crippen LogP contribution < -0.4 is 9.62 Å². The van der Waals surface area contributed by atoms with Crippen LogP contribution >= 0.6 is 0 Å². The maximum atomic E-state index is 12.7. The Kier molecular flexibility index (Phi) is 3.96. The van der Waals surface area contributed by atoms with Crippen molar-refractivity contribution in [2.24, 2.45) is 5.92 Å². The van der Waals surface area contributed by atoms with Crippen LogP contribution in [0.15, 0.2) is 23.1 Å². The molecule has 0 unspecified atom stereocenters. The molecule has 1 aromatic rings. The molecule has 5 nitrogen and oxygen atoms in total. The van der Waals surface area contributed by atoms with Gasteiger partial charge in [-0.15, -0.1) is 0 Å². The molecule has 0 atom stereocenters. The van der Waals surface area contributed by atoms with Crippen molar-refractivity contribution in [3.63, 3.8) is 0 Å². The molecule has 0 spiro atoms. The number of nitrogens with zero attached hydrogens (tertiary/aromatic N) is 1. The van der Waals surface area contributed by atoms with Crippen LogP contribution in [0.1, 0.15) is 57.9 Å². The van der Waals surface area contributed by atoms with Crippen molar-refractivity contribution in [3.05, 3.63) is 23.8 Å². The summed E-state index contributed by atoms with van der Waals surface area (Å²) >= 11 is 0. The lowest BCUT2D eigenvalue weighted by Gasteiger charge is -2.20. The van der Waals surface area contributed by atoms with Gasteiger partial charge in [0.1, 0.15) is 0 Å².